The lowest BCUT2D eigenvalue weighted by Crippen LogP contribution is -2.71. The molecule has 6 nitrogen and oxygen atoms in total. The molecule has 0 atom stereocenters. The number of halogens is 13. The highest BCUT2D eigenvalue weighted by Crippen LogP contribution is 2.61. The fourth-order valence-electron chi connectivity index (χ4n) is 1.73. The van der Waals surface area contributed by atoms with Crippen molar-refractivity contribution in [2.75, 3.05) is 19.8 Å². The molecular formula is C10H11F13NO5PS. The van der Waals surface area contributed by atoms with Gasteiger partial charge in [-0.3, -0.25) is 4.57 Å². The zero-order valence-electron chi connectivity index (χ0n) is 14.5. The van der Waals surface area contributed by atoms with Gasteiger partial charge in [0.25, 0.3) is 10.0 Å². The molecule has 0 aliphatic carbocycles. The van der Waals surface area contributed by atoms with Gasteiger partial charge in [-0.15, -0.1) is 0 Å². The predicted octanol–water partition coefficient (Wildman–Crippen LogP) is 3.51. The second kappa shape index (κ2) is 8.18. The van der Waals surface area contributed by atoms with Crippen molar-refractivity contribution in [2.45, 2.75) is 41.5 Å². The molecule has 0 aliphatic heterocycles. The Morgan fingerprint density at radius 3 is 1.42 bits per heavy atom. The molecule has 0 aromatic heterocycles. The summed E-state index contributed by atoms with van der Waals surface area (Å²) >= 11 is 0. The molecule has 188 valence electrons. The molecule has 31 heavy (non-hydrogen) atoms. The number of hydrogen-bond acceptors (Lipinski definition) is 3. The molecule has 0 spiro atoms. The van der Waals surface area contributed by atoms with Crippen LogP contribution in [0.5, 0.6) is 0 Å². The van der Waals surface area contributed by atoms with E-state index in [1.165, 1.54) is 0 Å². The highest BCUT2D eigenvalue weighted by Gasteiger charge is 2.92. The lowest BCUT2D eigenvalue weighted by atomic mass is 9.98. The van der Waals surface area contributed by atoms with E-state index in [1.807, 2.05) is 0 Å². The van der Waals surface area contributed by atoms with E-state index >= 15 is 0 Å². The van der Waals surface area contributed by atoms with Crippen LogP contribution < -0.4 is 0 Å². The standard InChI is InChI=1S/C10H11F13NO5PS/c1-24(3-2-4-30(25,26)27)31(28,29)10(22,23)8(17,18)6(13,14)5(11,12)7(15,16)9(19,20)21/h2-4H2,1H3,(H2,25,26,27). The summed E-state index contributed by atoms with van der Waals surface area (Å²) in [6.45, 7) is -1.50. The smallest absolute Gasteiger partial charge is 0.324 e. The normalized spacial score (nSPS) is 16.2. The fraction of sp³-hybridized carbons (Fsp3) is 1.00. The van der Waals surface area contributed by atoms with Crippen LogP contribution in [-0.2, 0) is 14.6 Å². The summed E-state index contributed by atoms with van der Waals surface area (Å²) in [6.07, 6.45) is -9.95. The Bertz CT molecular complexity index is 806. The third-order valence-corrected chi connectivity index (χ3v) is 6.37. The molecule has 0 bridgehead atoms. The third-order valence-electron chi connectivity index (χ3n) is 3.56. The van der Waals surface area contributed by atoms with E-state index < -0.39 is 76.2 Å². The van der Waals surface area contributed by atoms with E-state index in [0.29, 0.717) is 0 Å². The van der Waals surface area contributed by atoms with Crippen LogP contribution in [-0.4, -0.2) is 77.4 Å². The first kappa shape index (κ1) is 30.1. The Labute approximate surface area is 164 Å². The Morgan fingerprint density at radius 2 is 1.10 bits per heavy atom. The van der Waals surface area contributed by atoms with Crippen LogP contribution in [0.4, 0.5) is 57.1 Å². The molecule has 0 saturated carbocycles. The second-order valence-corrected chi connectivity index (χ2v) is 9.74. The molecule has 21 heteroatoms. The summed E-state index contributed by atoms with van der Waals surface area (Å²) in [6, 6.07) is 0. The van der Waals surface area contributed by atoms with Gasteiger partial charge in [0.1, 0.15) is 0 Å². The van der Waals surface area contributed by atoms with Gasteiger partial charge in [0.2, 0.25) is 0 Å². The van der Waals surface area contributed by atoms with Crippen molar-refractivity contribution in [3.63, 3.8) is 0 Å². The monoisotopic (exact) mass is 535 g/mol. The minimum absolute atomic E-state index is 0.0698. The maximum absolute atomic E-state index is 13.7. The fourth-order valence-corrected chi connectivity index (χ4v) is 3.50. The van der Waals surface area contributed by atoms with E-state index in [2.05, 4.69) is 0 Å². The van der Waals surface area contributed by atoms with Crippen molar-refractivity contribution >= 4 is 17.6 Å². The molecule has 0 radical (unpaired) electrons. The molecule has 0 fully saturated rings. The molecule has 0 unspecified atom stereocenters. The minimum Gasteiger partial charge on any atom is -0.324 e. The summed E-state index contributed by atoms with van der Waals surface area (Å²) < 4.78 is 201. The number of sulfonamides is 1. The molecule has 0 aromatic carbocycles. The van der Waals surface area contributed by atoms with Crippen molar-refractivity contribution < 1.29 is 79.8 Å². The quantitative estimate of drug-likeness (QED) is 0.330. The summed E-state index contributed by atoms with van der Waals surface area (Å²) in [5.74, 6) is -32.6. The van der Waals surface area contributed by atoms with Gasteiger partial charge in [-0.25, -0.2) is 8.42 Å². The molecule has 0 aromatic rings. The van der Waals surface area contributed by atoms with Crippen molar-refractivity contribution in [1.29, 1.82) is 0 Å². The van der Waals surface area contributed by atoms with E-state index in [1.54, 1.807) is 0 Å². The van der Waals surface area contributed by atoms with Gasteiger partial charge in [0, 0.05) is 13.6 Å². The summed E-state index contributed by atoms with van der Waals surface area (Å²) in [5.41, 5.74) is 0. The van der Waals surface area contributed by atoms with Crippen LogP contribution in [0.3, 0.4) is 0 Å². The topological polar surface area (TPSA) is 94.9 Å². The Balaban J connectivity index is 6.29. The average molecular weight is 535 g/mol. The largest absolute Gasteiger partial charge is 0.460 e. The van der Waals surface area contributed by atoms with E-state index in [9.17, 15) is 70.1 Å². The van der Waals surface area contributed by atoms with Crippen molar-refractivity contribution in [2.24, 2.45) is 0 Å². The lowest BCUT2D eigenvalue weighted by molar-refractivity contribution is -0.433. The number of alkyl halides is 13. The highest BCUT2D eigenvalue weighted by atomic mass is 32.2. The number of nitrogens with zero attached hydrogens (tertiary/aromatic N) is 1. The van der Waals surface area contributed by atoms with E-state index in [4.69, 9.17) is 9.79 Å². The van der Waals surface area contributed by atoms with Gasteiger partial charge in [0.15, 0.2) is 0 Å². The first-order chi connectivity index (χ1) is 13.1. The summed E-state index contributed by atoms with van der Waals surface area (Å²) in [7, 11) is -12.1. The van der Waals surface area contributed by atoms with Crippen LogP contribution in [0.2, 0.25) is 0 Å². The molecule has 0 rings (SSSR count). The van der Waals surface area contributed by atoms with Gasteiger partial charge in [0.05, 0.1) is 6.16 Å². The van der Waals surface area contributed by atoms with E-state index in [0.717, 1.165) is 0 Å². The highest BCUT2D eigenvalue weighted by molar-refractivity contribution is 7.90. The second-order valence-electron chi connectivity index (χ2n) is 5.88. The third kappa shape index (κ3) is 4.91. The van der Waals surface area contributed by atoms with Gasteiger partial charge >= 0.3 is 42.7 Å². The zero-order valence-corrected chi connectivity index (χ0v) is 16.2. The Morgan fingerprint density at radius 1 is 0.742 bits per heavy atom. The predicted molar refractivity (Wildman–Crippen MR) is 73.9 cm³/mol. The van der Waals surface area contributed by atoms with Gasteiger partial charge in [-0.05, 0) is 6.42 Å². The number of hydrogen-bond donors (Lipinski definition) is 2. The van der Waals surface area contributed by atoms with Gasteiger partial charge < -0.3 is 9.79 Å². The summed E-state index contributed by atoms with van der Waals surface area (Å²) in [5, 5.41) is -7.38. The maximum Gasteiger partial charge on any atom is 0.460 e. The van der Waals surface area contributed by atoms with Gasteiger partial charge in [-0.2, -0.15) is 61.4 Å². The van der Waals surface area contributed by atoms with Crippen molar-refractivity contribution in [3.8, 4) is 0 Å². The van der Waals surface area contributed by atoms with Crippen LogP contribution in [0.25, 0.3) is 0 Å². The summed E-state index contributed by atoms with van der Waals surface area (Å²) in [4.78, 5) is 17.0. The first-order valence-corrected chi connectivity index (χ1v) is 10.3. The molecule has 2 N–H and O–H groups in total. The molecule has 0 heterocycles. The Hall–Kier alpha value is -0.850. The van der Waals surface area contributed by atoms with Crippen molar-refractivity contribution in [1.82, 2.24) is 4.31 Å². The molecular weight excluding hydrogens is 524 g/mol. The SMILES string of the molecule is CN(CCCP(=O)(O)O)S(=O)(=O)C(F)(F)C(F)(F)C(F)(F)C(F)(F)C(F)(F)C(F)(F)F. The Kier molecular flexibility index (Phi) is 7.95. The van der Waals surface area contributed by atoms with Crippen LogP contribution in [0.15, 0.2) is 0 Å². The maximum atomic E-state index is 13.7. The minimum atomic E-state index is -8.28. The van der Waals surface area contributed by atoms with Gasteiger partial charge in [-0.1, -0.05) is 0 Å². The molecule has 0 aliphatic rings. The molecule has 0 amide bonds. The van der Waals surface area contributed by atoms with Crippen LogP contribution in [0.1, 0.15) is 6.42 Å². The van der Waals surface area contributed by atoms with Crippen LogP contribution >= 0.6 is 7.60 Å². The number of rotatable bonds is 10. The average Bonchev–Trinajstić information content (AvgIpc) is 2.51. The lowest BCUT2D eigenvalue weighted by Gasteiger charge is -2.40. The zero-order chi connectivity index (χ0) is 25.7. The first-order valence-electron chi connectivity index (χ1n) is 7.09. The molecule has 0 saturated heterocycles. The van der Waals surface area contributed by atoms with Crippen LogP contribution in [0, 0.1) is 0 Å². The van der Waals surface area contributed by atoms with E-state index in [-0.39, 0.29) is 7.05 Å². The van der Waals surface area contributed by atoms with Crippen molar-refractivity contribution in [3.05, 3.63) is 0 Å².